The summed E-state index contributed by atoms with van der Waals surface area (Å²) in [6, 6.07) is 4.44. The van der Waals surface area contributed by atoms with Gasteiger partial charge < -0.3 is 9.64 Å². The predicted molar refractivity (Wildman–Crippen MR) is 99.2 cm³/mol. The van der Waals surface area contributed by atoms with Gasteiger partial charge in [-0.1, -0.05) is 11.3 Å². The summed E-state index contributed by atoms with van der Waals surface area (Å²) in [7, 11) is -3.83. The lowest BCUT2D eigenvalue weighted by atomic mass is 10.0. The number of nitrogens with zero attached hydrogens (tertiary/aromatic N) is 3. The highest BCUT2D eigenvalue weighted by atomic mass is 32.2. The Morgan fingerprint density at radius 2 is 2.11 bits per heavy atom. The number of anilines is 2. The van der Waals surface area contributed by atoms with E-state index in [1.165, 1.54) is 23.1 Å². The summed E-state index contributed by atoms with van der Waals surface area (Å²) in [5.74, 6) is -1.67. The van der Waals surface area contributed by atoms with Crippen molar-refractivity contribution in [1.82, 2.24) is 10.2 Å². The maximum absolute atomic E-state index is 12.6. The molecule has 1 amide bonds. The summed E-state index contributed by atoms with van der Waals surface area (Å²) in [6.45, 7) is 3.83. The maximum Gasteiger partial charge on any atom is 0.397 e. The van der Waals surface area contributed by atoms with Crippen molar-refractivity contribution >= 4 is 44.1 Å². The Morgan fingerprint density at radius 3 is 2.78 bits per heavy atom. The second-order valence-electron chi connectivity index (χ2n) is 5.80. The molecule has 0 spiro atoms. The van der Waals surface area contributed by atoms with Gasteiger partial charge in [-0.15, -0.1) is 10.2 Å². The van der Waals surface area contributed by atoms with Gasteiger partial charge in [-0.25, -0.2) is 13.2 Å². The molecule has 9 nitrogen and oxygen atoms in total. The Bertz CT molecular complexity index is 986. The first-order valence-corrected chi connectivity index (χ1v) is 10.6. The van der Waals surface area contributed by atoms with Crippen LogP contribution >= 0.6 is 11.3 Å². The average Bonchev–Trinajstić information content (AvgIpc) is 3.04. The number of hydrogen-bond acceptors (Lipinski definition) is 8. The molecule has 0 bridgehead atoms. The zero-order valence-electron chi connectivity index (χ0n) is 14.8. The van der Waals surface area contributed by atoms with Crippen LogP contribution in [0.4, 0.5) is 10.8 Å². The van der Waals surface area contributed by atoms with Crippen molar-refractivity contribution in [1.29, 1.82) is 0 Å². The van der Waals surface area contributed by atoms with Crippen LogP contribution in [0.5, 0.6) is 0 Å². The lowest BCUT2D eigenvalue weighted by Gasteiger charge is -2.29. The first-order valence-electron chi connectivity index (χ1n) is 8.26. The second kappa shape index (κ2) is 7.61. The van der Waals surface area contributed by atoms with E-state index in [2.05, 4.69) is 14.9 Å². The fourth-order valence-corrected chi connectivity index (χ4v) is 4.64. The summed E-state index contributed by atoms with van der Waals surface area (Å²) in [5, 5.41) is 8.37. The van der Waals surface area contributed by atoms with Crippen LogP contribution in [0.3, 0.4) is 0 Å². The number of rotatable bonds is 4. The van der Waals surface area contributed by atoms with Gasteiger partial charge in [0.1, 0.15) is 5.01 Å². The van der Waals surface area contributed by atoms with Gasteiger partial charge in [-0.05, 0) is 50.5 Å². The van der Waals surface area contributed by atoms with Crippen molar-refractivity contribution in [2.24, 2.45) is 0 Å². The van der Waals surface area contributed by atoms with Gasteiger partial charge in [-0.2, -0.15) is 0 Å². The zero-order chi connectivity index (χ0) is 19.6. The minimum absolute atomic E-state index is 0.0551. The molecule has 0 atom stereocenters. The second-order valence-corrected chi connectivity index (χ2v) is 8.67. The number of carbonyl (C=O) groups excluding carboxylic acids is 2. The number of carbonyl (C=O) groups is 2. The molecule has 0 fully saturated rings. The van der Waals surface area contributed by atoms with E-state index in [-0.39, 0.29) is 16.6 Å². The minimum Gasteiger partial charge on any atom is -0.459 e. The predicted octanol–water partition coefficient (Wildman–Crippen LogP) is 1.49. The molecule has 1 aromatic heterocycles. The summed E-state index contributed by atoms with van der Waals surface area (Å²) >= 11 is 1.13. The van der Waals surface area contributed by atoms with E-state index >= 15 is 0 Å². The fraction of sp³-hybridized carbons (Fsp3) is 0.375. The molecule has 144 valence electrons. The van der Waals surface area contributed by atoms with Crippen molar-refractivity contribution in [2.75, 3.05) is 22.8 Å². The third-order valence-electron chi connectivity index (χ3n) is 3.92. The van der Waals surface area contributed by atoms with Gasteiger partial charge in [0.25, 0.3) is 10.0 Å². The standard InChI is InChI=1S/C16H18N4O5S2/c1-3-25-15(22)14(21)20-8-4-5-11-9-12(6-7-13(11)20)27(23,24)19-16-18-17-10(2)26-16/h6-7,9H,3-5,8H2,1-2H3,(H,18,19). The first-order chi connectivity index (χ1) is 12.8. The van der Waals surface area contributed by atoms with Gasteiger partial charge in [0.05, 0.1) is 11.5 Å². The van der Waals surface area contributed by atoms with Gasteiger partial charge >= 0.3 is 11.9 Å². The highest BCUT2D eigenvalue weighted by molar-refractivity contribution is 7.93. The van der Waals surface area contributed by atoms with E-state index in [4.69, 9.17) is 4.74 Å². The molecule has 0 radical (unpaired) electrons. The molecular formula is C16H18N4O5S2. The molecule has 0 unspecified atom stereocenters. The van der Waals surface area contributed by atoms with Crippen LogP contribution in [-0.4, -0.2) is 43.6 Å². The Kier molecular flexibility index (Phi) is 5.42. The number of hydrogen-bond donors (Lipinski definition) is 1. The van der Waals surface area contributed by atoms with E-state index < -0.39 is 21.9 Å². The molecule has 0 aliphatic carbocycles. The van der Waals surface area contributed by atoms with Gasteiger partial charge in [-0.3, -0.25) is 9.52 Å². The van der Waals surface area contributed by atoms with Crippen molar-refractivity contribution in [2.45, 2.75) is 31.6 Å². The third-order valence-corrected chi connectivity index (χ3v) is 6.14. The molecule has 1 N–H and O–H groups in total. The quantitative estimate of drug-likeness (QED) is 0.599. The molecule has 2 heterocycles. The highest BCUT2D eigenvalue weighted by Crippen LogP contribution is 2.30. The van der Waals surface area contributed by atoms with E-state index in [9.17, 15) is 18.0 Å². The third kappa shape index (κ3) is 4.08. The van der Waals surface area contributed by atoms with E-state index in [1.807, 2.05) is 0 Å². The summed E-state index contributed by atoms with van der Waals surface area (Å²) in [4.78, 5) is 25.4. The molecular weight excluding hydrogens is 392 g/mol. The number of sulfonamides is 1. The summed E-state index contributed by atoms with van der Waals surface area (Å²) in [6.07, 6.45) is 1.22. The van der Waals surface area contributed by atoms with Crippen LogP contribution in [0.15, 0.2) is 23.1 Å². The molecule has 1 aliphatic heterocycles. The molecule has 2 aromatic rings. The van der Waals surface area contributed by atoms with Gasteiger partial charge in [0, 0.05) is 12.2 Å². The summed E-state index contributed by atoms with van der Waals surface area (Å²) in [5.41, 5.74) is 1.19. The highest BCUT2D eigenvalue weighted by Gasteiger charge is 2.29. The number of benzene rings is 1. The van der Waals surface area contributed by atoms with Gasteiger partial charge in [0.15, 0.2) is 0 Å². The molecule has 3 rings (SSSR count). The SMILES string of the molecule is CCOC(=O)C(=O)N1CCCc2cc(S(=O)(=O)Nc3nnc(C)s3)ccc21. The molecule has 0 saturated heterocycles. The Balaban J connectivity index is 1.88. The molecule has 1 aliphatic rings. The van der Waals surface area contributed by atoms with Crippen LogP contribution in [0.2, 0.25) is 0 Å². The minimum atomic E-state index is -3.83. The normalized spacial score (nSPS) is 13.8. The number of aryl methyl sites for hydroxylation is 2. The largest absolute Gasteiger partial charge is 0.459 e. The van der Waals surface area contributed by atoms with Crippen molar-refractivity contribution in [3.8, 4) is 0 Å². The first kappa shape index (κ1) is 19.2. The van der Waals surface area contributed by atoms with Crippen LogP contribution in [0.25, 0.3) is 0 Å². The Morgan fingerprint density at radius 1 is 1.33 bits per heavy atom. The number of fused-ring (bicyclic) bond motifs is 1. The molecule has 0 saturated carbocycles. The number of ether oxygens (including phenoxy) is 1. The maximum atomic E-state index is 12.6. The average molecular weight is 410 g/mol. The number of esters is 1. The van der Waals surface area contributed by atoms with Crippen LogP contribution in [-0.2, 0) is 30.8 Å². The number of aromatic nitrogens is 2. The summed E-state index contributed by atoms with van der Waals surface area (Å²) < 4.78 is 32.3. The van der Waals surface area contributed by atoms with Crippen LogP contribution < -0.4 is 9.62 Å². The smallest absolute Gasteiger partial charge is 0.397 e. The fourth-order valence-electron chi connectivity index (χ4n) is 2.77. The van der Waals surface area contributed by atoms with Crippen molar-refractivity contribution in [3.63, 3.8) is 0 Å². The molecule has 27 heavy (non-hydrogen) atoms. The topological polar surface area (TPSA) is 119 Å². The van der Waals surface area contributed by atoms with Crippen LogP contribution in [0, 0.1) is 6.92 Å². The zero-order valence-corrected chi connectivity index (χ0v) is 16.4. The van der Waals surface area contributed by atoms with Crippen molar-refractivity contribution < 1.29 is 22.7 Å². The number of nitrogens with one attached hydrogen (secondary N) is 1. The van der Waals surface area contributed by atoms with E-state index in [1.54, 1.807) is 13.8 Å². The van der Waals surface area contributed by atoms with Gasteiger partial charge in [0.2, 0.25) is 5.13 Å². The van der Waals surface area contributed by atoms with E-state index in [0.717, 1.165) is 11.3 Å². The molecule has 11 heteroatoms. The lowest BCUT2D eigenvalue weighted by molar-refractivity contribution is -0.153. The van der Waals surface area contributed by atoms with E-state index in [0.29, 0.717) is 35.6 Å². The van der Waals surface area contributed by atoms with Crippen molar-refractivity contribution in [3.05, 3.63) is 28.8 Å². The Labute approximate surface area is 160 Å². The monoisotopic (exact) mass is 410 g/mol. The van der Waals surface area contributed by atoms with Crippen LogP contribution in [0.1, 0.15) is 23.9 Å². The number of amides is 1. The molecule has 1 aromatic carbocycles. The lowest BCUT2D eigenvalue weighted by Crippen LogP contribution is -2.41. The Hall–Kier alpha value is -2.53.